The molecule has 0 spiro atoms. The van der Waals surface area contributed by atoms with E-state index in [1.807, 2.05) is 18.2 Å². The van der Waals surface area contributed by atoms with E-state index in [-0.39, 0.29) is 24.5 Å². The van der Waals surface area contributed by atoms with Crippen molar-refractivity contribution in [1.29, 1.82) is 0 Å². The van der Waals surface area contributed by atoms with E-state index in [9.17, 15) is 9.59 Å². The maximum atomic E-state index is 12.2. The number of rotatable bonds is 6. The summed E-state index contributed by atoms with van der Waals surface area (Å²) in [6.45, 7) is 2.23. The number of hydrogen-bond donors (Lipinski definition) is 2. The van der Waals surface area contributed by atoms with Gasteiger partial charge < -0.3 is 15.4 Å². The van der Waals surface area contributed by atoms with Crippen molar-refractivity contribution >= 4 is 17.5 Å². The molecule has 0 bridgehead atoms. The van der Waals surface area contributed by atoms with Crippen LogP contribution < -0.4 is 15.4 Å². The van der Waals surface area contributed by atoms with Crippen molar-refractivity contribution in [2.75, 3.05) is 11.9 Å². The Bertz CT molecular complexity index is 768. The van der Waals surface area contributed by atoms with Gasteiger partial charge in [-0.1, -0.05) is 31.2 Å². The normalized spacial score (nSPS) is 19.1. The van der Waals surface area contributed by atoms with Crippen LogP contribution >= 0.6 is 0 Å². The van der Waals surface area contributed by atoms with Gasteiger partial charge in [-0.15, -0.1) is 0 Å². The second-order valence-electron chi connectivity index (χ2n) is 7.16. The summed E-state index contributed by atoms with van der Waals surface area (Å²) >= 11 is 0. The summed E-state index contributed by atoms with van der Waals surface area (Å²) in [7, 11) is 0. The third kappa shape index (κ3) is 5.84. The van der Waals surface area contributed by atoms with Gasteiger partial charge in [0.1, 0.15) is 5.75 Å². The van der Waals surface area contributed by atoms with Gasteiger partial charge in [0, 0.05) is 23.4 Å². The Kier molecular flexibility index (Phi) is 6.47. The molecule has 0 aromatic heterocycles. The molecule has 0 unspecified atom stereocenters. The van der Waals surface area contributed by atoms with Crippen LogP contribution in [0.25, 0.3) is 0 Å². The summed E-state index contributed by atoms with van der Waals surface area (Å²) in [6, 6.07) is 16.3. The van der Waals surface area contributed by atoms with Gasteiger partial charge in [0.05, 0.1) is 0 Å². The Morgan fingerprint density at radius 2 is 1.74 bits per heavy atom. The molecule has 0 radical (unpaired) electrons. The minimum absolute atomic E-state index is 0.0257. The second-order valence-corrected chi connectivity index (χ2v) is 7.16. The highest BCUT2D eigenvalue weighted by atomic mass is 16.5. The van der Waals surface area contributed by atoms with Crippen molar-refractivity contribution in [3.05, 3.63) is 60.2 Å². The number of anilines is 1. The molecule has 1 fully saturated rings. The summed E-state index contributed by atoms with van der Waals surface area (Å²) < 4.78 is 5.60. The third-order valence-corrected chi connectivity index (χ3v) is 4.88. The fraction of sp³-hybridized carbons (Fsp3) is 0.364. The largest absolute Gasteiger partial charge is 0.484 e. The number of carbonyl (C=O) groups is 2. The van der Waals surface area contributed by atoms with Crippen molar-refractivity contribution in [1.82, 2.24) is 5.32 Å². The molecule has 1 aliphatic carbocycles. The molecule has 2 amide bonds. The molecule has 3 rings (SSSR count). The molecule has 1 aliphatic rings. The first-order valence-corrected chi connectivity index (χ1v) is 9.49. The lowest BCUT2D eigenvalue weighted by atomic mass is 9.87. The van der Waals surface area contributed by atoms with E-state index in [4.69, 9.17) is 4.74 Å². The Labute approximate surface area is 160 Å². The summed E-state index contributed by atoms with van der Waals surface area (Å²) in [5.41, 5.74) is 1.22. The Morgan fingerprint density at radius 3 is 2.48 bits per heavy atom. The number of carbonyl (C=O) groups excluding carboxylic acids is 2. The molecular formula is C22H26N2O3. The van der Waals surface area contributed by atoms with E-state index in [2.05, 4.69) is 17.6 Å². The van der Waals surface area contributed by atoms with Crippen LogP contribution in [0.4, 0.5) is 5.69 Å². The first-order chi connectivity index (χ1) is 13.1. The van der Waals surface area contributed by atoms with Crippen LogP contribution in [0.5, 0.6) is 5.75 Å². The van der Waals surface area contributed by atoms with Crippen molar-refractivity contribution in [3.63, 3.8) is 0 Å². The van der Waals surface area contributed by atoms with E-state index in [0.29, 0.717) is 17.0 Å². The number of nitrogens with one attached hydrogen (secondary N) is 2. The van der Waals surface area contributed by atoms with Crippen LogP contribution in [0, 0.1) is 5.92 Å². The van der Waals surface area contributed by atoms with Crippen molar-refractivity contribution in [2.24, 2.45) is 5.92 Å². The highest BCUT2D eigenvalue weighted by Crippen LogP contribution is 2.23. The smallest absolute Gasteiger partial charge is 0.258 e. The molecule has 0 atom stereocenters. The first kappa shape index (κ1) is 19.0. The van der Waals surface area contributed by atoms with Crippen molar-refractivity contribution in [2.45, 2.75) is 38.6 Å². The standard InChI is InChI=1S/C22H26N2O3/c1-16-10-12-18(13-11-16)23-21(25)15-27-20-9-5-8-19(14-20)24-22(26)17-6-3-2-4-7-17/h2-9,14,16,18H,10-13,15H2,1H3,(H,23,25)(H,24,26). The van der Waals surface area contributed by atoms with Gasteiger partial charge >= 0.3 is 0 Å². The maximum Gasteiger partial charge on any atom is 0.258 e. The fourth-order valence-electron chi connectivity index (χ4n) is 3.28. The van der Waals surface area contributed by atoms with Crippen LogP contribution in [-0.2, 0) is 4.79 Å². The summed E-state index contributed by atoms with van der Waals surface area (Å²) in [5, 5.41) is 5.88. The number of benzene rings is 2. The van der Waals surface area contributed by atoms with Gasteiger partial charge in [0.25, 0.3) is 11.8 Å². The van der Waals surface area contributed by atoms with Crippen LogP contribution in [0.15, 0.2) is 54.6 Å². The van der Waals surface area contributed by atoms with Crippen LogP contribution in [0.3, 0.4) is 0 Å². The van der Waals surface area contributed by atoms with Gasteiger partial charge in [-0.2, -0.15) is 0 Å². The van der Waals surface area contributed by atoms with E-state index < -0.39 is 0 Å². The molecule has 5 heteroatoms. The van der Waals surface area contributed by atoms with Gasteiger partial charge in [-0.3, -0.25) is 9.59 Å². The highest BCUT2D eigenvalue weighted by molar-refractivity contribution is 6.04. The molecule has 142 valence electrons. The van der Waals surface area contributed by atoms with Gasteiger partial charge in [-0.25, -0.2) is 0 Å². The fourth-order valence-corrected chi connectivity index (χ4v) is 3.28. The lowest BCUT2D eigenvalue weighted by Gasteiger charge is -2.26. The van der Waals surface area contributed by atoms with Crippen molar-refractivity contribution in [3.8, 4) is 5.75 Å². The number of hydrogen-bond acceptors (Lipinski definition) is 3. The molecule has 0 heterocycles. The predicted octanol–water partition coefficient (Wildman–Crippen LogP) is 4.01. The zero-order valence-corrected chi connectivity index (χ0v) is 15.6. The molecule has 27 heavy (non-hydrogen) atoms. The molecule has 5 nitrogen and oxygen atoms in total. The highest BCUT2D eigenvalue weighted by Gasteiger charge is 2.19. The quantitative estimate of drug-likeness (QED) is 0.812. The Balaban J connectivity index is 1.49. The van der Waals surface area contributed by atoms with Crippen LogP contribution in [0.2, 0.25) is 0 Å². The molecule has 2 N–H and O–H groups in total. The molecule has 1 saturated carbocycles. The lowest BCUT2D eigenvalue weighted by Crippen LogP contribution is -2.39. The predicted molar refractivity (Wildman–Crippen MR) is 106 cm³/mol. The minimum Gasteiger partial charge on any atom is -0.484 e. The molecule has 2 aromatic carbocycles. The Morgan fingerprint density at radius 1 is 1.00 bits per heavy atom. The average Bonchev–Trinajstić information content (AvgIpc) is 2.69. The first-order valence-electron chi connectivity index (χ1n) is 9.49. The summed E-state index contributed by atoms with van der Waals surface area (Å²) in [4.78, 5) is 24.3. The van der Waals surface area contributed by atoms with Crippen molar-refractivity contribution < 1.29 is 14.3 Å². The minimum atomic E-state index is -0.183. The third-order valence-electron chi connectivity index (χ3n) is 4.88. The topological polar surface area (TPSA) is 67.4 Å². The van der Waals surface area contributed by atoms with Gasteiger partial charge in [0.2, 0.25) is 0 Å². The van der Waals surface area contributed by atoms with Crippen LogP contribution in [-0.4, -0.2) is 24.5 Å². The zero-order valence-electron chi connectivity index (χ0n) is 15.6. The van der Waals surface area contributed by atoms with E-state index >= 15 is 0 Å². The van der Waals surface area contributed by atoms with E-state index in [1.54, 1.807) is 36.4 Å². The zero-order chi connectivity index (χ0) is 19.1. The van der Waals surface area contributed by atoms with E-state index in [1.165, 1.54) is 0 Å². The average molecular weight is 366 g/mol. The van der Waals surface area contributed by atoms with E-state index in [0.717, 1.165) is 31.6 Å². The lowest BCUT2D eigenvalue weighted by molar-refractivity contribution is -0.124. The number of ether oxygens (including phenoxy) is 1. The van der Waals surface area contributed by atoms with Crippen LogP contribution in [0.1, 0.15) is 43.0 Å². The summed E-state index contributed by atoms with van der Waals surface area (Å²) in [5.74, 6) is 1.02. The second kappa shape index (κ2) is 9.21. The molecule has 0 aliphatic heterocycles. The maximum absolute atomic E-state index is 12.2. The van der Waals surface area contributed by atoms with Gasteiger partial charge in [-0.05, 0) is 55.9 Å². The SMILES string of the molecule is CC1CCC(NC(=O)COc2cccc(NC(=O)c3ccccc3)c2)CC1. The molecule has 0 saturated heterocycles. The van der Waals surface area contributed by atoms with Gasteiger partial charge in [0.15, 0.2) is 6.61 Å². The number of amides is 2. The summed E-state index contributed by atoms with van der Waals surface area (Å²) in [6.07, 6.45) is 4.39. The molecular weight excluding hydrogens is 340 g/mol. The monoisotopic (exact) mass is 366 g/mol. The molecule has 2 aromatic rings. The Hall–Kier alpha value is -2.82.